The molecule has 0 aromatic heterocycles. The molecule has 1 saturated heterocycles. The van der Waals surface area contributed by atoms with Gasteiger partial charge in [-0.2, -0.15) is 0 Å². The summed E-state index contributed by atoms with van der Waals surface area (Å²) in [6.07, 6.45) is 1.77. The number of ketones is 1. The van der Waals surface area contributed by atoms with E-state index in [4.69, 9.17) is 4.74 Å². The van der Waals surface area contributed by atoms with Crippen LogP contribution < -0.4 is 0 Å². The number of likely N-dealkylation sites (tertiary alicyclic amines) is 1. The molecule has 1 aromatic carbocycles. The third-order valence-corrected chi connectivity index (χ3v) is 5.39. The number of Topliss-reactive ketones (excluding diaryl/α,β-unsaturated/α-hetero) is 1. The normalized spacial score (nSPS) is 31.8. The summed E-state index contributed by atoms with van der Waals surface area (Å²) in [5, 5.41) is 0. The van der Waals surface area contributed by atoms with Crippen molar-refractivity contribution in [1.29, 1.82) is 0 Å². The van der Waals surface area contributed by atoms with E-state index in [-0.39, 0.29) is 17.9 Å². The van der Waals surface area contributed by atoms with Gasteiger partial charge in [-0.05, 0) is 25.3 Å². The summed E-state index contributed by atoms with van der Waals surface area (Å²) < 4.78 is 5.06. The molecule has 1 aromatic rings. The highest BCUT2D eigenvalue weighted by Crippen LogP contribution is 2.46. The van der Waals surface area contributed by atoms with Crippen LogP contribution in [-0.4, -0.2) is 36.3 Å². The predicted molar refractivity (Wildman–Crippen MR) is 83.1 cm³/mol. The zero-order valence-corrected chi connectivity index (χ0v) is 13.2. The molecule has 2 fully saturated rings. The summed E-state index contributed by atoms with van der Waals surface area (Å²) in [7, 11) is 1.45. The minimum atomic E-state index is -0.505. The molecule has 22 heavy (non-hydrogen) atoms. The Kier molecular flexibility index (Phi) is 4.04. The van der Waals surface area contributed by atoms with Crippen molar-refractivity contribution >= 4 is 11.8 Å². The van der Waals surface area contributed by atoms with Gasteiger partial charge < -0.3 is 4.74 Å². The summed E-state index contributed by atoms with van der Waals surface area (Å²) in [5.74, 6) is 0.0880. The number of carbonyl (C=O) groups excluding carboxylic acids is 2. The molecule has 2 bridgehead atoms. The molecule has 0 spiro atoms. The number of carbonyl (C=O) groups is 2. The second kappa shape index (κ2) is 5.84. The van der Waals surface area contributed by atoms with Crippen LogP contribution >= 0.6 is 0 Å². The van der Waals surface area contributed by atoms with Gasteiger partial charge in [-0.1, -0.05) is 30.3 Å². The molecule has 4 heteroatoms. The Bertz CT molecular complexity index is 571. The minimum Gasteiger partial charge on any atom is -0.469 e. The highest BCUT2D eigenvalue weighted by atomic mass is 16.5. The van der Waals surface area contributed by atoms with Gasteiger partial charge in [0.2, 0.25) is 0 Å². The lowest BCUT2D eigenvalue weighted by atomic mass is 9.63. The molecule has 2 aliphatic rings. The number of hydrogen-bond donors (Lipinski definition) is 0. The fourth-order valence-corrected chi connectivity index (χ4v) is 4.04. The molecule has 1 saturated carbocycles. The van der Waals surface area contributed by atoms with Crippen molar-refractivity contribution in [2.75, 3.05) is 13.7 Å². The van der Waals surface area contributed by atoms with Crippen LogP contribution in [0.4, 0.5) is 0 Å². The fourth-order valence-electron chi connectivity index (χ4n) is 4.04. The first-order valence-electron chi connectivity index (χ1n) is 7.95. The van der Waals surface area contributed by atoms with Crippen LogP contribution in [0.3, 0.4) is 0 Å². The lowest BCUT2D eigenvalue weighted by Gasteiger charge is -2.50. The first-order chi connectivity index (χ1) is 10.6. The first-order valence-corrected chi connectivity index (χ1v) is 7.95. The van der Waals surface area contributed by atoms with E-state index in [9.17, 15) is 9.59 Å². The second-order valence-corrected chi connectivity index (χ2v) is 6.68. The Labute approximate surface area is 131 Å². The van der Waals surface area contributed by atoms with Gasteiger partial charge in [-0.3, -0.25) is 14.5 Å². The maximum Gasteiger partial charge on any atom is 0.313 e. The number of benzene rings is 1. The van der Waals surface area contributed by atoms with Crippen molar-refractivity contribution in [3.05, 3.63) is 35.9 Å². The number of nitrogens with zero attached hydrogens (tertiary/aromatic N) is 1. The van der Waals surface area contributed by atoms with Gasteiger partial charge in [0.1, 0.15) is 5.78 Å². The molecule has 1 aliphatic heterocycles. The number of hydrogen-bond acceptors (Lipinski definition) is 4. The summed E-state index contributed by atoms with van der Waals surface area (Å²) in [4.78, 5) is 26.9. The van der Waals surface area contributed by atoms with E-state index in [0.29, 0.717) is 31.6 Å². The van der Waals surface area contributed by atoms with Crippen molar-refractivity contribution in [2.45, 2.75) is 38.8 Å². The molecule has 1 aliphatic carbocycles. The quantitative estimate of drug-likeness (QED) is 0.804. The zero-order chi connectivity index (χ0) is 15.7. The summed E-state index contributed by atoms with van der Waals surface area (Å²) >= 11 is 0. The highest BCUT2D eigenvalue weighted by Gasteiger charge is 2.53. The standard InChI is InChI=1S/C18H23NO3/c1-13-15-10-18(17(21)22-2,9-8-16(15)20)12-19(13)11-14-6-4-3-5-7-14/h3-7,13,15H,8-12H2,1-2H3/t13-,15-,18-/m0/s1. The van der Waals surface area contributed by atoms with Crippen LogP contribution in [0.2, 0.25) is 0 Å². The Morgan fingerprint density at radius 2 is 2.09 bits per heavy atom. The van der Waals surface area contributed by atoms with Gasteiger partial charge in [0, 0.05) is 31.5 Å². The summed E-state index contributed by atoms with van der Waals surface area (Å²) in [6.45, 7) is 3.56. The number of fused-ring (bicyclic) bond motifs is 2. The number of methoxy groups -OCH3 is 1. The van der Waals surface area contributed by atoms with E-state index >= 15 is 0 Å². The Morgan fingerprint density at radius 3 is 2.77 bits per heavy atom. The lowest BCUT2D eigenvalue weighted by molar-refractivity contribution is -0.166. The van der Waals surface area contributed by atoms with Crippen molar-refractivity contribution in [3.8, 4) is 0 Å². The largest absolute Gasteiger partial charge is 0.469 e. The molecule has 0 radical (unpaired) electrons. The third-order valence-electron chi connectivity index (χ3n) is 5.39. The number of ether oxygens (including phenoxy) is 1. The maximum absolute atomic E-state index is 12.4. The SMILES string of the molecule is COC(=O)[C@@]12CCC(=O)[C@@H](C1)[C@H](C)N(Cc1ccccc1)C2. The third kappa shape index (κ3) is 2.56. The Balaban J connectivity index is 1.87. The van der Waals surface area contributed by atoms with E-state index in [0.717, 1.165) is 6.54 Å². The predicted octanol–water partition coefficient (Wildman–Crippen LogP) is 2.42. The topological polar surface area (TPSA) is 46.6 Å². The Hall–Kier alpha value is -1.68. The average Bonchev–Trinajstić information content (AvgIpc) is 2.55. The van der Waals surface area contributed by atoms with Crippen molar-refractivity contribution < 1.29 is 14.3 Å². The van der Waals surface area contributed by atoms with Gasteiger partial charge in [0.05, 0.1) is 12.5 Å². The molecule has 3 rings (SSSR count). The van der Waals surface area contributed by atoms with Gasteiger partial charge in [-0.15, -0.1) is 0 Å². The van der Waals surface area contributed by atoms with Gasteiger partial charge in [-0.25, -0.2) is 0 Å². The van der Waals surface area contributed by atoms with Crippen molar-refractivity contribution in [3.63, 3.8) is 0 Å². The average molecular weight is 301 g/mol. The van der Waals surface area contributed by atoms with Gasteiger partial charge in [0.15, 0.2) is 0 Å². The van der Waals surface area contributed by atoms with Crippen LogP contribution in [0.5, 0.6) is 0 Å². The maximum atomic E-state index is 12.4. The van der Waals surface area contributed by atoms with Gasteiger partial charge in [0.25, 0.3) is 0 Å². The number of piperidine rings is 1. The number of rotatable bonds is 3. The highest BCUT2D eigenvalue weighted by molar-refractivity contribution is 5.87. The molecule has 118 valence electrons. The molecule has 0 unspecified atom stereocenters. The molecular weight excluding hydrogens is 278 g/mol. The summed E-state index contributed by atoms with van der Waals surface area (Å²) in [5.41, 5.74) is 0.705. The van der Waals surface area contributed by atoms with E-state index in [1.54, 1.807) is 0 Å². The van der Waals surface area contributed by atoms with Crippen LogP contribution in [0.25, 0.3) is 0 Å². The number of esters is 1. The van der Waals surface area contributed by atoms with E-state index in [1.165, 1.54) is 12.7 Å². The van der Waals surface area contributed by atoms with E-state index in [2.05, 4.69) is 24.0 Å². The smallest absolute Gasteiger partial charge is 0.313 e. The monoisotopic (exact) mass is 301 g/mol. The fraction of sp³-hybridized carbons (Fsp3) is 0.556. The lowest BCUT2D eigenvalue weighted by Crippen LogP contribution is -2.59. The molecule has 3 atom stereocenters. The van der Waals surface area contributed by atoms with Gasteiger partial charge >= 0.3 is 5.97 Å². The summed E-state index contributed by atoms with van der Waals surface area (Å²) in [6, 6.07) is 10.4. The van der Waals surface area contributed by atoms with E-state index < -0.39 is 5.41 Å². The molecule has 1 heterocycles. The molecule has 0 N–H and O–H groups in total. The molecule has 0 amide bonds. The zero-order valence-electron chi connectivity index (χ0n) is 13.2. The van der Waals surface area contributed by atoms with Crippen LogP contribution in [0, 0.1) is 11.3 Å². The van der Waals surface area contributed by atoms with Crippen molar-refractivity contribution in [2.24, 2.45) is 11.3 Å². The molecular formula is C18H23NO3. The Morgan fingerprint density at radius 1 is 1.36 bits per heavy atom. The minimum absolute atomic E-state index is 0.0506. The van der Waals surface area contributed by atoms with E-state index in [1.807, 2.05) is 18.2 Å². The van der Waals surface area contributed by atoms with Crippen LogP contribution in [0.15, 0.2) is 30.3 Å². The second-order valence-electron chi connectivity index (χ2n) is 6.68. The van der Waals surface area contributed by atoms with Crippen molar-refractivity contribution in [1.82, 2.24) is 4.90 Å². The molecule has 4 nitrogen and oxygen atoms in total. The van der Waals surface area contributed by atoms with Crippen LogP contribution in [-0.2, 0) is 20.9 Å². The first kappa shape index (κ1) is 15.2. The van der Waals surface area contributed by atoms with Crippen LogP contribution in [0.1, 0.15) is 31.7 Å².